The van der Waals surface area contributed by atoms with Gasteiger partial charge < -0.3 is 10.2 Å². The van der Waals surface area contributed by atoms with Crippen LogP contribution in [0.5, 0.6) is 0 Å². The summed E-state index contributed by atoms with van der Waals surface area (Å²) in [6.07, 6.45) is 13.9. The van der Waals surface area contributed by atoms with Gasteiger partial charge in [-0.15, -0.1) is 0 Å². The van der Waals surface area contributed by atoms with E-state index in [0.717, 1.165) is 50.3 Å². The van der Waals surface area contributed by atoms with Crippen LogP contribution in [0.25, 0.3) is 5.95 Å². The molecule has 3 rings (SSSR count). The highest BCUT2D eigenvalue weighted by Gasteiger charge is 2.26. The van der Waals surface area contributed by atoms with Gasteiger partial charge in [0.25, 0.3) is 0 Å². The van der Waals surface area contributed by atoms with E-state index < -0.39 is 0 Å². The van der Waals surface area contributed by atoms with Gasteiger partial charge in [0.2, 0.25) is 11.9 Å². The number of nitrogens with zero attached hydrogens (tertiary/aromatic N) is 5. The summed E-state index contributed by atoms with van der Waals surface area (Å²) in [5.74, 6) is 2.26. The summed E-state index contributed by atoms with van der Waals surface area (Å²) in [6, 6.07) is 2.20. The molecule has 30 heavy (non-hydrogen) atoms. The Bertz CT molecular complexity index is 791. The second kappa shape index (κ2) is 11.1. The van der Waals surface area contributed by atoms with Crippen molar-refractivity contribution < 1.29 is 4.79 Å². The zero-order chi connectivity index (χ0) is 21.3. The van der Waals surface area contributed by atoms with Crippen molar-refractivity contribution in [2.24, 2.45) is 5.92 Å². The standard InChI is InChI=1S/C23H36N6O/c1-4-6-9-19(5-2)16-25-22(30)15-20-10-7-8-12-29(20)21-14-18(3)26-23(27-21)28-13-11-24-17-28/h11,13-14,17,19-20H,4-10,12,15-16H2,1-3H3,(H,25,30). The van der Waals surface area contributed by atoms with E-state index >= 15 is 0 Å². The predicted octanol–water partition coefficient (Wildman–Crippen LogP) is 4.05. The maximum atomic E-state index is 12.7. The lowest BCUT2D eigenvalue weighted by atomic mass is 9.97. The molecule has 3 heterocycles. The van der Waals surface area contributed by atoms with Crippen molar-refractivity contribution in [2.75, 3.05) is 18.0 Å². The normalized spacial score (nSPS) is 17.7. The molecule has 0 bridgehead atoms. The molecule has 164 valence electrons. The molecular formula is C23H36N6O. The fraction of sp³-hybridized carbons (Fsp3) is 0.652. The molecule has 2 unspecified atom stereocenters. The van der Waals surface area contributed by atoms with Gasteiger partial charge in [0.15, 0.2) is 0 Å². The Kier molecular flexibility index (Phi) is 8.22. The predicted molar refractivity (Wildman–Crippen MR) is 120 cm³/mol. The quantitative estimate of drug-likeness (QED) is 0.637. The average Bonchev–Trinajstić information content (AvgIpc) is 3.29. The van der Waals surface area contributed by atoms with E-state index in [1.165, 1.54) is 19.3 Å². The van der Waals surface area contributed by atoms with Crippen LogP contribution in [0, 0.1) is 12.8 Å². The lowest BCUT2D eigenvalue weighted by Crippen LogP contribution is -2.44. The first-order chi connectivity index (χ1) is 14.6. The SMILES string of the molecule is CCCCC(CC)CNC(=O)CC1CCCCN1c1cc(C)nc(-n2ccnc2)n1. The van der Waals surface area contributed by atoms with Crippen LogP contribution < -0.4 is 10.2 Å². The van der Waals surface area contributed by atoms with Crippen LogP contribution in [0.15, 0.2) is 24.8 Å². The summed E-state index contributed by atoms with van der Waals surface area (Å²) >= 11 is 0. The van der Waals surface area contributed by atoms with Gasteiger partial charge >= 0.3 is 0 Å². The van der Waals surface area contributed by atoms with Crippen molar-refractivity contribution in [2.45, 2.75) is 78.2 Å². The number of anilines is 1. The van der Waals surface area contributed by atoms with Gasteiger partial charge in [0.1, 0.15) is 12.1 Å². The van der Waals surface area contributed by atoms with Crippen LogP contribution in [-0.2, 0) is 4.79 Å². The number of unbranched alkanes of at least 4 members (excludes halogenated alkanes) is 1. The van der Waals surface area contributed by atoms with Gasteiger partial charge in [-0.1, -0.05) is 33.1 Å². The van der Waals surface area contributed by atoms with Crippen LogP contribution >= 0.6 is 0 Å². The minimum Gasteiger partial charge on any atom is -0.356 e. The number of carbonyl (C=O) groups excluding carboxylic acids is 1. The van der Waals surface area contributed by atoms with E-state index in [1.807, 2.05) is 23.8 Å². The zero-order valence-corrected chi connectivity index (χ0v) is 18.7. The van der Waals surface area contributed by atoms with Crippen LogP contribution in [0.3, 0.4) is 0 Å². The molecule has 0 saturated carbocycles. The van der Waals surface area contributed by atoms with E-state index in [4.69, 9.17) is 4.98 Å². The number of carbonyl (C=O) groups is 1. The molecule has 7 heteroatoms. The lowest BCUT2D eigenvalue weighted by Gasteiger charge is -2.36. The summed E-state index contributed by atoms with van der Waals surface area (Å²) in [4.78, 5) is 28.4. The van der Waals surface area contributed by atoms with Crippen LogP contribution in [0.4, 0.5) is 5.82 Å². The topological polar surface area (TPSA) is 75.9 Å². The molecule has 1 fully saturated rings. The second-order valence-electron chi connectivity index (χ2n) is 8.41. The fourth-order valence-corrected chi connectivity index (χ4v) is 4.18. The Morgan fingerprint density at radius 3 is 2.90 bits per heavy atom. The molecule has 0 aromatic carbocycles. The van der Waals surface area contributed by atoms with Crippen molar-refractivity contribution in [3.8, 4) is 5.95 Å². The Morgan fingerprint density at radius 2 is 2.17 bits per heavy atom. The number of aryl methyl sites for hydroxylation is 1. The Morgan fingerprint density at radius 1 is 1.30 bits per heavy atom. The largest absolute Gasteiger partial charge is 0.356 e. The van der Waals surface area contributed by atoms with Gasteiger partial charge in [-0.05, 0) is 38.5 Å². The number of hydrogen-bond donors (Lipinski definition) is 1. The highest BCUT2D eigenvalue weighted by Crippen LogP contribution is 2.26. The molecular weight excluding hydrogens is 376 g/mol. The summed E-state index contributed by atoms with van der Waals surface area (Å²) in [5, 5.41) is 3.20. The van der Waals surface area contributed by atoms with E-state index in [2.05, 4.69) is 34.0 Å². The molecule has 0 radical (unpaired) electrons. The fourth-order valence-electron chi connectivity index (χ4n) is 4.18. The molecule has 1 aliphatic rings. The third-order valence-electron chi connectivity index (χ3n) is 6.04. The van der Waals surface area contributed by atoms with Gasteiger partial charge in [0, 0.05) is 49.7 Å². The van der Waals surface area contributed by atoms with E-state index in [9.17, 15) is 4.79 Å². The van der Waals surface area contributed by atoms with Gasteiger partial charge in [-0.25, -0.2) is 9.97 Å². The van der Waals surface area contributed by atoms with Crippen molar-refractivity contribution >= 4 is 11.7 Å². The van der Waals surface area contributed by atoms with Crippen LogP contribution in [0.1, 0.15) is 70.9 Å². The summed E-state index contributed by atoms with van der Waals surface area (Å²) in [6.45, 7) is 8.13. The number of aromatic nitrogens is 4. The van der Waals surface area contributed by atoms with E-state index in [-0.39, 0.29) is 11.9 Å². The lowest BCUT2D eigenvalue weighted by molar-refractivity contribution is -0.121. The Labute approximate surface area is 180 Å². The number of piperidine rings is 1. The summed E-state index contributed by atoms with van der Waals surface area (Å²) in [5.41, 5.74) is 0.916. The van der Waals surface area contributed by atoms with E-state index in [1.54, 1.807) is 12.5 Å². The smallest absolute Gasteiger partial charge is 0.237 e. The van der Waals surface area contributed by atoms with Crippen molar-refractivity contribution in [3.63, 3.8) is 0 Å². The first-order valence-corrected chi connectivity index (χ1v) is 11.5. The third kappa shape index (κ3) is 6.03. The number of nitrogens with one attached hydrogen (secondary N) is 1. The maximum absolute atomic E-state index is 12.7. The molecule has 1 amide bonds. The number of amides is 1. The molecule has 2 aromatic rings. The highest BCUT2D eigenvalue weighted by atomic mass is 16.1. The first-order valence-electron chi connectivity index (χ1n) is 11.5. The first kappa shape index (κ1) is 22.2. The molecule has 1 N–H and O–H groups in total. The maximum Gasteiger partial charge on any atom is 0.237 e. The second-order valence-corrected chi connectivity index (χ2v) is 8.41. The minimum atomic E-state index is 0.155. The number of imidazole rings is 1. The minimum absolute atomic E-state index is 0.155. The molecule has 1 saturated heterocycles. The number of hydrogen-bond acceptors (Lipinski definition) is 5. The van der Waals surface area contributed by atoms with Crippen molar-refractivity contribution in [1.29, 1.82) is 0 Å². The summed E-state index contributed by atoms with van der Waals surface area (Å²) < 4.78 is 1.82. The molecule has 7 nitrogen and oxygen atoms in total. The van der Waals surface area contributed by atoms with Crippen LogP contribution in [-0.4, -0.2) is 44.6 Å². The van der Waals surface area contributed by atoms with Gasteiger partial charge in [-0.2, -0.15) is 4.98 Å². The molecule has 1 aliphatic heterocycles. The van der Waals surface area contributed by atoms with E-state index in [0.29, 0.717) is 18.3 Å². The van der Waals surface area contributed by atoms with Gasteiger partial charge in [-0.3, -0.25) is 9.36 Å². The molecule has 2 atom stereocenters. The molecule has 2 aromatic heterocycles. The highest BCUT2D eigenvalue weighted by molar-refractivity contribution is 5.77. The monoisotopic (exact) mass is 412 g/mol. The number of rotatable bonds is 10. The zero-order valence-electron chi connectivity index (χ0n) is 18.7. The van der Waals surface area contributed by atoms with Crippen LogP contribution in [0.2, 0.25) is 0 Å². The Balaban J connectivity index is 1.66. The average molecular weight is 413 g/mol. The van der Waals surface area contributed by atoms with Crippen molar-refractivity contribution in [1.82, 2.24) is 24.8 Å². The molecule has 0 aliphatic carbocycles. The van der Waals surface area contributed by atoms with Gasteiger partial charge in [0.05, 0.1) is 0 Å². The summed E-state index contributed by atoms with van der Waals surface area (Å²) in [7, 11) is 0. The van der Waals surface area contributed by atoms with Crippen molar-refractivity contribution in [3.05, 3.63) is 30.5 Å². The Hall–Kier alpha value is -2.44. The molecule has 0 spiro atoms. The third-order valence-corrected chi connectivity index (χ3v) is 6.04.